The minimum Gasteiger partial charge on any atom is -0.482 e. The first-order chi connectivity index (χ1) is 24.2. The van der Waals surface area contributed by atoms with Crippen LogP contribution in [0, 0.1) is 11.8 Å². The van der Waals surface area contributed by atoms with Crippen LogP contribution < -0.4 is 9.47 Å². The van der Waals surface area contributed by atoms with Crippen molar-refractivity contribution in [2.24, 2.45) is 0 Å². The van der Waals surface area contributed by atoms with E-state index in [1.165, 1.54) is 11.9 Å². The van der Waals surface area contributed by atoms with Gasteiger partial charge >= 0.3 is 0 Å². The Balaban J connectivity index is 1.00. The lowest BCUT2D eigenvalue weighted by Gasteiger charge is -2.26. The van der Waals surface area contributed by atoms with Gasteiger partial charge in [0.1, 0.15) is 31.0 Å². The first-order valence-corrected chi connectivity index (χ1v) is 16.5. The molecule has 8 nitrogen and oxygen atoms in total. The topological polar surface area (TPSA) is 69.2 Å². The third-order valence-electron chi connectivity index (χ3n) is 8.31. The van der Waals surface area contributed by atoms with E-state index in [4.69, 9.17) is 18.9 Å². The second-order valence-corrected chi connectivity index (χ2v) is 11.9. The Morgan fingerprint density at radius 1 is 0.653 bits per heavy atom. The van der Waals surface area contributed by atoms with Gasteiger partial charge in [-0.3, -0.25) is 4.90 Å². The number of rotatable bonds is 11. The molecular formula is C41H38N4O4. The minimum atomic E-state index is 0.371. The molecule has 0 atom stereocenters. The zero-order valence-corrected chi connectivity index (χ0v) is 27.3. The predicted octanol–water partition coefficient (Wildman–Crippen LogP) is 6.65. The molecule has 2 aliphatic heterocycles. The summed E-state index contributed by atoms with van der Waals surface area (Å²) in [7, 11) is 0. The van der Waals surface area contributed by atoms with Crippen molar-refractivity contribution in [1.29, 1.82) is 0 Å². The fourth-order valence-electron chi connectivity index (χ4n) is 5.62. The van der Waals surface area contributed by atoms with Gasteiger partial charge in [-0.2, -0.15) is 4.98 Å². The van der Waals surface area contributed by atoms with Gasteiger partial charge in [0, 0.05) is 42.5 Å². The van der Waals surface area contributed by atoms with Gasteiger partial charge in [0.15, 0.2) is 6.73 Å². The number of nitrogens with zero attached hydrogens (tertiary/aromatic N) is 4. The van der Waals surface area contributed by atoms with Gasteiger partial charge < -0.3 is 23.8 Å². The van der Waals surface area contributed by atoms with Crippen molar-refractivity contribution in [3.05, 3.63) is 161 Å². The minimum absolute atomic E-state index is 0.371. The Kier molecular flexibility index (Phi) is 10.4. The van der Waals surface area contributed by atoms with Gasteiger partial charge in [-0.05, 0) is 53.1 Å². The average molecular weight is 651 g/mol. The van der Waals surface area contributed by atoms with Gasteiger partial charge in [0.05, 0.1) is 19.8 Å². The molecule has 0 N–H and O–H groups in total. The summed E-state index contributed by atoms with van der Waals surface area (Å²) in [4.78, 5) is 13.5. The SMILES string of the molecule is C(#Cc1ccc(C2=CN(Cc3ncnc(OCc4ccccc4)c3OCc3ccccc3)CO2)cc1)c1ccc(CN2CCOCC2)cc1. The Bertz CT molecular complexity index is 1900. The van der Waals surface area contributed by atoms with Crippen molar-refractivity contribution in [3.8, 4) is 23.5 Å². The number of hydrogen-bond donors (Lipinski definition) is 0. The standard InChI is InChI=1S/C41H38N4O4/c1-3-7-35(8-4-1)28-47-40-38(42-30-43-41(40)48-29-36-9-5-2-6-10-36)26-45-27-39(49-31-45)37-19-17-33(18-20-37)12-11-32-13-15-34(16-14-32)25-44-21-23-46-24-22-44/h1-10,13-20,27,30H,21-26,28-29,31H2. The molecule has 49 heavy (non-hydrogen) atoms. The highest BCUT2D eigenvalue weighted by Gasteiger charge is 2.21. The molecule has 0 amide bonds. The summed E-state index contributed by atoms with van der Waals surface area (Å²) in [6.07, 6.45) is 3.53. The molecule has 0 bridgehead atoms. The van der Waals surface area contributed by atoms with Crippen LogP contribution in [0.25, 0.3) is 5.76 Å². The van der Waals surface area contributed by atoms with Crippen molar-refractivity contribution >= 4 is 5.76 Å². The molecule has 5 aromatic rings. The quantitative estimate of drug-likeness (QED) is 0.147. The summed E-state index contributed by atoms with van der Waals surface area (Å²) in [5, 5.41) is 0. The van der Waals surface area contributed by atoms with Crippen LogP contribution in [-0.4, -0.2) is 52.8 Å². The smallest absolute Gasteiger partial charge is 0.260 e. The normalized spacial score (nSPS) is 14.4. The molecule has 0 saturated carbocycles. The summed E-state index contributed by atoms with van der Waals surface area (Å²) in [6.45, 7) is 6.13. The lowest BCUT2D eigenvalue weighted by molar-refractivity contribution is 0.0342. The van der Waals surface area contributed by atoms with Crippen molar-refractivity contribution in [1.82, 2.24) is 19.8 Å². The molecule has 1 saturated heterocycles. The molecule has 0 aliphatic carbocycles. The maximum absolute atomic E-state index is 6.31. The monoisotopic (exact) mass is 650 g/mol. The summed E-state index contributed by atoms with van der Waals surface area (Å²) < 4.78 is 24.0. The van der Waals surface area contributed by atoms with Crippen LogP contribution in [0.3, 0.4) is 0 Å². The fourth-order valence-corrected chi connectivity index (χ4v) is 5.62. The van der Waals surface area contributed by atoms with E-state index in [1.54, 1.807) is 0 Å². The van der Waals surface area contributed by atoms with Gasteiger partial charge in [-0.1, -0.05) is 84.6 Å². The van der Waals surface area contributed by atoms with Crippen molar-refractivity contribution < 1.29 is 18.9 Å². The van der Waals surface area contributed by atoms with Crippen molar-refractivity contribution in [2.75, 3.05) is 33.0 Å². The van der Waals surface area contributed by atoms with Gasteiger partial charge in [-0.15, -0.1) is 0 Å². The molecule has 1 fully saturated rings. The number of ether oxygens (including phenoxy) is 4. The average Bonchev–Trinajstić information content (AvgIpc) is 3.63. The maximum Gasteiger partial charge on any atom is 0.260 e. The Hall–Kier alpha value is -5.62. The largest absolute Gasteiger partial charge is 0.482 e. The molecule has 0 spiro atoms. The van der Waals surface area contributed by atoms with Crippen LogP contribution in [0.1, 0.15) is 39.1 Å². The van der Waals surface area contributed by atoms with Crippen LogP contribution in [0.15, 0.2) is 122 Å². The Morgan fingerprint density at radius 3 is 1.96 bits per heavy atom. The van der Waals surface area contributed by atoms with E-state index >= 15 is 0 Å². The Morgan fingerprint density at radius 2 is 1.29 bits per heavy atom. The van der Waals surface area contributed by atoms with E-state index in [1.807, 2.05) is 91.1 Å². The molecule has 0 unspecified atom stereocenters. The first kappa shape index (κ1) is 32.0. The molecule has 2 aliphatic rings. The molecule has 0 radical (unpaired) electrons. The van der Waals surface area contributed by atoms with E-state index in [9.17, 15) is 0 Å². The van der Waals surface area contributed by atoms with Crippen LogP contribution in [-0.2, 0) is 35.8 Å². The van der Waals surface area contributed by atoms with Crippen molar-refractivity contribution in [2.45, 2.75) is 26.3 Å². The van der Waals surface area contributed by atoms with Gasteiger partial charge in [0.2, 0.25) is 5.75 Å². The van der Waals surface area contributed by atoms with Crippen LogP contribution in [0.5, 0.6) is 11.6 Å². The van der Waals surface area contributed by atoms with Crippen LogP contribution in [0.2, 0.25) is 0 Å². The predicted molar refractivity (Wildman–Crippen MR) is 188 cm³/mol. The van der Waals surface area contributed by atoms with Crippen molar-refractivity contribution in [3.63, 3.8) is 0 Å². The van der Waals surface area contributed by atoms with Gasteiger partial charge in [-0.25, -0.2) is 4.98 Å². The summed E-state index contributed by atoms with van der Waals surface area (Å²) in [5.41, 5.74) is 7.03. The zero-order valence-electron chi connectivity index (χ0n) is 27.3. The molecule has 7 rings (SSSR count). The zero-order chi connectivity index (χ0) is 33.1. The van der Waals surface area contributed by atoms with E-state index in [0.717, 1.165) is 72.1 Å². The Labute approximate surface area is 287 Å². The lowest BCUT2D eigenvalue weighted by atomic mass is 10.1. The summed E-state index contributed by atoms with van der Waals surface area (Å²) in [6, 6.07) is 36.7. The number of hydrogen-bond acceptors (Lipinski definition) is 8. The number of morpholine rings is 1. The molecule has 1 aromatic heterocycles. The van der Waals surface area contributed by atoms with E-state index in [2.05, 4.69) is 55.9 Å². The number of benzene rings is 4. The van der Waals surface area contributed by atoms with E-state index < -0.39 is 0 Å². The van der Waals surface area contributed by atoms with E-state index in [0.29, 0.717) is 38.1 Å². The second-order valence-electron chi connectivity index (χ2n) is 11.9. The number of aromatic nitrogens is 2. The highest BCUT2D eigenvalue weighted by Crippen LogP contribution is 2.32. The summed E-state index contributed by atoms with van der Waals surface area (Å²) in [5.74, 6) is 8.31. The van der Waals surface area contributed by atoms with Crippen LogP contribution in [0.4, 0.5) is 0 Å². The molecule has 8 heteroatoms. The molecular weight excluding hydrogens is 612 g/mol. The molecule has 4 aromatic carbocycles. The second kappa shape index (κ2) is 16.0. The lowest BCUT2D eigenvalue weighted by Crippen LogP contribution is -2.35. The fraction of sp³-hybridized carbons (Fsp3) is 0.220. The highest BCUT2D eigenvalue weighted by atomic mass is 16.5. The highest BCUT2D eigenvalue weighted by molar-refractivity contribution is 5.62. The maximum atomic E-state index is 6.31. The van der Waals surface area contributed by atoms with E-state index in [-0.39, 0.29) is 0 Å². The van der Waals surface area contributed by atoms with Crippen LogP contribution >= 0.6 is 0 Å². The molecule has 246 valence electrons. The third kappa shape index (κ3) is 8.85. The molecule has 3 heterocycles. The third-order valence-corrected chi connectivity index (χ3v) is 8.31. The first-order valence-electron chi connectivity index (χ1n) is 16.5. The summed E-state index contributed by atoms with van der Waals surface area (Å²) >= 11 is 0. The van der Waals surface area contributed by atoms with Gasteiger partial charge in [0.25, 0.3) is 5.88 Å².